The number of hydrogen-bond acceptors (Lipinski definition) is 2. The van der Waals surface area contributed by atoms with Crippen LogP contribution in [0.1, 0.15) is 64.7 Å². The van der Waals surface area contributed by atoms with E-state index in [9.17, 15) is 4.79 Å². The van der Waals surface area contributed by atoms with E-state index < -0.39 is 0 Å². The van der Waals surface area contributed by atoms with Crippen molar-refractivity contribution < 1.29 is 4.79 Å². The Balaban J connectivity index is 1.75. The molecule has 2 fully saturated rings. The van der Waals surface area contributed by atoms with Crippen LogP contribution in [0.4, 0.5) is 0 Å². The number of nitrogens with one attached hydrogen (secondary N) is 1. The van der Waals surface area contributed by atoms with Crippen molar-refractivity contribution in [3.8, 4) is 0 Å². The Bertz CT molecular complexity index is 266. The summed E-state index contributed by atoms with van der Waals surface area (Å²) in [4.78, 5) is 12.2. The minimum atomic E-state index is 0.218. The van der Waals surface area contributed by atoms with Crippen LogP contribution in [-0.2, 0) is 4.79 Å². The second kappa shape index (κ2) is 6.55. The smallest absolute Gasteiger partial charge is 0.223 e. The van der Waals surface area contributed by atoms with Crippen LogP contribution < -0.4 is 11.1 Å². The van der Waals surface area contributed by atoms with E-state index in [1.165, 1.54) is 32.1 Å². The molecule has 3 heteroatoms. The number of carbonyl (C=O) groups is 1. The maximum atomic E-state index is 12.2. The van der Waals surface area contributed by atoms with E-state index >= 15 is 0 Å². The van der Waals surface area contributed by atoms with Crippen molar-refractivity contribution in [1.82, 2.24) is 5.32 Å². The highest BCUT2D eigenvalue weighted by molar-refractivity contribution is 5.79. The van der Waals surface area contributed by atoms with Crippen molar-refractivity contribution >= 4 is 5.91 Å². The Morgan fingerprint density at radius 2 is 1.67 bits per heavy atom. The van der Waals surface area contributed by atoms with Crippen LogP contribution in [0.2, 0.25) is 0 Å². The Hall–Kier alpha value is -0.570. The molecule has 104 valence electrons. The minimum Gasteiger partial charge on any atom is -0.353 e. The van der Waals surface area contributed by atoms with E-state index in [4.69, 9.17) is 5.73 Å². The number of nitrogens with two attached hydrogens (primary N) is 1. The predicted octanol–water partition coefficient (Wildman–Crippen LogP) is 2.59. The van der Waals surface area contributed by atoms with E-state index in [0.717, 1.165) is 25.7 Å². The van der Waals surface area contributed by atoms with Gasteiger partial charge in [-0.15, -0.1) is 0 Å². The van der Waals surface area contributed by atoms with Gasteiger partial charge in [-0.05, 0) is 51.4 Å². The average molecular weight is 252 g/mol. The quantitative estimate of drug-likeness (QED) is 0.811. The molecule has 0 aromatic rings. The van der Waals surface area contributed by atoms with Gasteiger partial charge in [-0.3, -0.25) is 4.79 Å². The van der Waals surface area contributed by atoms with Crippen molar-refractivity contribution in [3.63, 3.8) is 0 Å². The third-order valence-corrected chi connectivity index (χ3v) is 4.87. The van der Waals surface area contributed by atoms with Crippen LogP contribution in [-0.4, -0.2) is 18.0 Å². The molecule has 1 atom stereocenters. The van der Waals surface area contributed by atoms with Gasteiger partial charge >= 0.3 is 0 Å². The maximum absolute atomic E-state index is 12.2. The Kier molecular flexibility index (Phi) is 5.04. The summed E-state index contributed by atoms with van der Waals surface area (Å²) in [6.07, 6.45) is 10.6. The summed E-state index contributed by atoms with van der Waals surface area (Å²) in [5.74, 6) is 1.20. The van der Waals surface area contributed by atoms with Gasteiger partial charge in [-0.1, -0.05) is 19.3 Å². The van der Waals surface area contributed by atoms with Crippen LogP contribution in [0, 0.1) is 11.8 Å². The zero-order chi connectivity index (χ0) is 13.0. The summed E-state index contributed by atoms with van der Waals surface area (Å²) < 4.78 is 0. The number of hydrogen-bond donors (Lipinski definition) is 2. The molecule has 3 N–H and O–H groups in total. The monoisotopic (exact) mass is 252 g/mol. The van der Waals surface area contributed by atoms with Gasteiger partial charge in [0.05, 0.1) is 0 Å². The first kappa shape index (κ1) is 13.9. The van der Waals surface area contributed by atoms with Gasteiger partial charge < -0.3 is 11.1 Å². The summed E-state index contributed by atoms with van der Waals surface area (Å²) in [6, 6.07) is 0.679. The molecular weight excluding hydrogens is 224 g/mol. The molecule has 0 aromatic carbocycles. The molecule has 0 saturated heterocycles. The highest BCUT2D eigenvalue weighted by Gasteiger charge is 2.27. The fourth-order valence-electron chi connectivity index (χ4n) is 3.48. The van der Waals surface area contributed by atoms with Gasteiger partial charge in [0.1, 0.15) is 0 Å². The van der Waals surface area contributed by atoms with Crippen LogP contribution in [0.15, 0.2) is 0 Å². The average Bonchev–Trinajstić information content (AvgIpc) is 2.40. The zero-order valence-electron chi connectivity index (χ0n) is 11.7. The molecule has 3 nitrogen and oxygen atoms in total. The van der Waals surface area contributed by atoms with Crippen LogP contribution in [0.3, 0.4) is 0 Å². The second-order valence-electron chi connectivity index (χ2n) is 6.31. The van der Waals surface area contributed by atoms with E-state index in [1.807, 2.05) is 0 Å². The lowest BCUT2D eigenvalue weighted by atomic mass is 9.83. The molecule has 1 amide bonds. The fourth-order valence-corrected chi connectivity index (χ4v) is 3.48. The van der Waals surface area contributed by atoms with Crippen LogP contribution in [0.5, 0.6) is 0 Å². The van der Waals surface area contributed by atoms with Crippen LogP contribution >= 0.6 is 0 Å². The third-order valence-electron chi connectivity index (χ3n) is 4.87. The summed E-state index contributed by atoms with van der Waals surface area (Å²) in [5, 5.41) is 3.25. The lowest BCUT2D eigenvalue weighted by molar-refractivity contribution is -0.127. The number of carbonyl (C=O) groups excluding carboxylic acids is 1. The third kappa shape index (κ3) is 3.71. The van der Waals surface area contributed by atoms with Gasteiger partial charge in [0.25, 0.3) is 0 Å². The first-order chi connectivity index (χ1) is 8.66. The summed E-state index contributed by atoms with van der Waals surface area (Å²) >= 11 is 0. The number of rotatable bonds is 3. The van der Waals surface area contributed by atoms with Gasteiger partial charge in [-0.2, -0.15) is 0 Å². The predicted molar refractivity (Wildman–Crippen MR) is 74.1 cm³/mol. The molecule has 0 aliphatic heterocycles. The summed E-state index contributed by atoms with van der Waals surface area (Å²) in [6.45, 7) is 2.18. The Morgan fingerprint density at radius 1 is 1.06 bits per heavy atom. The molecule has 2 aliphatic rings. The Labute approximate surface area is 111 Å². The highest BCUT2D eigenvalue weighted by Crippen LogP contribution is 2.27. The molecule has 0 heterocycles. The lowest BCUT2D eigenvalue weighted by Crippen LogP contribution is -2.43. The van der Waals surface area contributed by atoms with Gasteiger partial charge in [-0.25, -0.2) is 0 Å². The molecule has 2 rings (SSSR count). The second-order valence-corrected chi connectivity index (χ2v) is 6.31. The maximum Gasteiger partial charge on any atom is 0.223 e. The standard InChI is InChI=1S/C15H28N2O/c1-11(12-5-3-2-4-6-12)17-15(18)13-7-9-14(16)10-8-13/h11-14H,2-10,16H2,1H3,(H,17,18)/t11-,13?,14?/m0/s1. The molecule has 0 spiro atoms. The first-order valence-corrected chi connectivity index (χ1v) is 7.72. The number of amides is 1. The van der Waals surface area contributed by atoms with Crippen molar-refractivity contribution in [2.75, 3.05) is 0 Å². The molecule has 0 aromatic heterocycles. The van der Waals surface area contributed by atoms with E-state index in [2.05, 4.69) is 12.2 Å². The van der Waals surface area contributed by atoms with Crippen molar-refractivity contribution in [3.05, 3.63) is 0 Å². The summed E-state index contributed by atoms with van der Waals surface area (Å²) in [7, 11) is 0. The summed E-state index contributed by atoms with van der Waals surface area (Å²) in [5.41, 5.74) is 5.88. The fraction of sp³-hybridized carbons (Fsp3) is 0.933. The lowest BCUT2D eigenvalue weighted by Gasteiger charge is -2.31. The van der Waals surface area contributed by atoms with E-state index in [-0.39, 0.29) is 11.8 Å². The van der Waals surface area contributed by atoms with Crippen molar-refractivity contribution in [2.24, 2.45) is 17.6 Å². The molecular formula is C15H28N2O. The van der Waals surface area contributed by atoms with E-state index in [0.29, 0.717) is 18.0 Å². The van der Waals surface area contributed by atoms with Crippen molar-refractivity contribution in [2.45, 2.75) is 76.8 Å². The first-order valence-electron chi connectivity index (χ1n) is 7.72. The zero-order valence-corrected chi connectivity index (χ0v) is 11.7. The Morgan fingerprint density at radius 3 is 2.28 bits per heavy atom. The highest BCUT2D eigenvalue weighted by atomic mass is 16.1. The van der Waals surface area contributed by atoms with Gasteiger partial charge in [0, 0.05) is 18.0 Å². The topological polar surface area (TPSA) is 55.1 Å². The molecule has 2 aliphatic carbocycles. The largest absolute Gasteiger partial charge is 0.353 e. The van der Waals surface area contributed by atoms with E-state index in [1.54, 1.807) is 0 Å². The molecule has 2 saturated carbocycles. The molecule has 0 radical (unpaired) electrons. The molecule has 0 bridgehead atoms. The van der Waals surface area contributed by atoms with Crippen LogP contribution in [0.25, 0.3) is 0 Å². The molecule has 0 unspecified atom stereocenters. The van der Waals surface area contributed by atoms with Gasteiger partial charge in [0.2, 0.25) is 5.91 Å². The SMILES string of the molecule is C[C@H](NC(=O)C1CCC(N)CC1)C1CCCCC1. The minimum absolute atomic E-state index is 0.218. The molecule has 18 heavy (non-hydrogen) atoms. The normalized spacial score (nSPS) is 31.9. The van der Waals surface area contributed by atoms with Crippen molar-refractivity contribution in [1.29, 1.82) is 0 Å². The van der Waals surface area contributed by atoms with Gasteiger partial charge in [0.15, 0.2) is 0 Å².